The molecule has 0 bridgehead atoms. The molecule has 1 aromatic rings. The number of aryl methyl sites for hydroxylation is 1. The third kappa shape index (κ3) is 4.75. The Morgan fingerprint density at radius 1 is 1.12 bits per heavy atom. The number of benzene rings is 1. The summed E-state index contributed by atoms with van der Waals surface area (Å²) in [4.78, 5) is 0. The average molecular weight is 235 g/mol. The summed E-state index contributed by atoms with van der Waals surface area (Å²) < 4.78 is 0. The smallest absolute Gasteiger partial charge is 0.0731 e. The Kier molecular flexibility index (Phi) is 5.45. The van der Waals surface area contributed by atoms with Crippen molar-refractivity contribution < 1.29 is 0 Å². The van der Waals surface area contributed by atoms with Crippen LogP contribution in [-0.4, -0.2) is 12.6 Å². The fourth-order valence-corrected chi connectivity index (χ4v) is 1.55. The lowest BCUT2D eigenvalue weighted by Gasteiger charge is -2.30. The second-order valence-corrected chi connectivity index (χ2v) is 5.16. The quantitative estimate of drug-likeness (QED) is 0.742. The van der Waals surface area contributed by atoms with Crippen LogP contribution < -0.4 is 16.0 Å². The van der Waals surface area contributed by atoms with Gasteiger partial charge in [-0.25, -0.2) is 16.0 Å². The van der Waals surface area contributed by atoms with Gasteiger partial charge < -0.3 is 0 Å². The van der Waals surface area contributed by atoms with E-state index in [4.69, 9.17) is 0 Å². The topological polar surface area (TPSA) is 27.3 Å². The van der Waals surface area contributed by atoms with E-state index >= 15 is 0 Å². The van der Waals surface area contributed by atoms with Crippen molar-refractivity contribution in [1.29, 1.82) is 0 Å². The summed E-state index contributed by atoms with van der Waals surface area (Å²) in [5.41, 5.74) is 9.29. The van der Waals surface area contributed by atoms with Gasteiger partial charge in [0.2, 0.25) is 0 Å². The monoisotopic (exact) mass is 235 g/mol. The van der Waals surface area contributed by atoms with E-state index in [2.05, 4.69) is 69.7 Å². The van der Waals surface area contributed by atoms with Gasteiger partial charge >= 0.3 is 0 Å². The van der Waals surface area contributed by atoms with E-state index < -0.39 is 0 Å². The van der Waals surface area contributed by atoms with Crippen LogP contribution >= 0.6 is 0 Å². The van der Waals surface area contributed by atoms with Crippen LogP contribution in [0.1, 0.15) is 33.3 Å². The Morgan fingerprint density at radius 2 is 1.76 bits per heavy atom. The van der Waals surface area contributed by atoms with Gasteiger partial charge in [-0.05, 0) is 38.3 Å². The van der Waals surface area contributed by atoms with Gasteiger partial charge in [0.05, 0.1) is 5.69 Å². The third-order valence-corrected chi connectivity index (χ3v) is 2.40. The summed E-state index contributed by atoms with van der Waals surface area (Å²) in [6.07, 6.45) is 0. The molecule has 0 spiro atoms. The minimum atomic E-state index is 0.397. The van der Waals surface area contributed by atoms with Gasteiger partial charge in [-0.1, -0.05) is 32.0 Å². The number of hydrogen-bond donors (Lipinski definition) is 2. The van der Waals surface area contributed by atoms with Crippen LogP contribution in [0.5, 0.6) is 0 Å². The fraction of sp³-hybridized carbons (Fsp3) is 0.571. The van der Waals surface area contributed by atoms with Gasteiger partial charge in [-0.3, -0.25) is 0 Å². The lowest BCUT2D eigenvalue weighted by molar-refractivity contribution is 0.444. The summed E-state index contributed by atoms with van der Waals surface area (Å²) in [7, 11) is 0. The molecule has 0 saturated heterocycles. The van der Waals surface area contributed by atoms with E-state index in [9.17, 15) is 0 Å². The highest BCUT2D eigenvalue weighted by Gasteiger charge is 2.09. The molecule has 0 radical (unpaired) electrons. The molecule has 0 atom stereocenters. The Hall–Kier alpha value is -1.06. The molecule has 0 fully saturated rings. The average Bonchev–Trinajstić information content (AvgIpc) is 2.24. The molecule has 0 aliphatic rings. The van der Waals surface area contributed by atoms with Crippen molar-refractivity contribution >= 4 is 5.69 Å². The maximum Gasteiger partial charge on any atom is 0.0731 e. The Balaban J connectivity index is 2.78. The van der Waals surface area contributed by atoms with Crippen LogP contribution in [0.25, 0.3) is 0 Å². The molecule has 0 amide bonds. The highest BCUT2D eigenvalue weighted by Crippen LogP contribution is 2.16. The second kappa shape index (κ2) is 6.62. The second-order valence-electron chi connectivity index (χ2n) is 5.16. The Labute approximate surface area is 105 Å². The highest BCUT2D eigenvalue weighted by atomic mass is 15.7. The number of hydrazine groups is 2. The molecule has 3 heteroatoms. The molecule has 1 rings (SSSR count). The molecule has 0 aromatic heterocycles. The maximum absolute atomic E-state index is 3.43. The van der Waals surface area contributed by atoms with Gasteiger partial charge in [0.25, 0.3) is 0 Å². The Morgan fingerprint density at radius 3 is 2.29 bits per heavy atom. The van der Waals surface area contributed by atoms with Crippen molar-refractivity contribution in [3.8, 4) is 0 Å². The van der Waals surface area contributed by atoms with Gasteiger partial charge in [-0.2, -0.15) is 0 Å². The molecule has 1 aromatic carbocycles. The maximum atomic E-state index is 3.43. The molecule has 0 unspecified atom stereocenters. The summed E-state index contributed by atoms with van der Waals surface area (Å²) in [5, 5.41) is 2.04. The summed E-state index contributed by atoms with van der Waals surface area (Å²) in [6.45, 7) is 11.8. The minimum Gasteiger partial charge on any atom is -0.241 e. The number of anilines is 1. The first-order valence-corrected chi connectivity index (χ1v) is 6.36. The number of nitrogens with one attached hydrogen (secondary N) is 2. The van der Waals surface area contributed by atoms with Crippen molar-refractivity contribution in [1.82, 2.24) is 10.9 Å². The molecule has 96 valence electrons. The zero-order chi connectivity index (χ0) is 12.8. The summed E-state index contributed by atoms with van der Waals surface area (Å²) in [6, 6.07) is 8.78. The van der Waals surface area contributed by atoms with Crippen molar-refractivity contribution in [2.75, 3.05) is 11.7 Å². The van der Waals surface area contributed by atoms with Crippen LogP contribution in [0, 0.1) is 12.8 Å². The van der Waals surface area contributed by atoms with Crippen LogP contribution in [0.4, 0.5) is 5.69 Å². The van der Waals surface area contributed by atoms with E-state index in [0.717, 1.165) is 6.54 Å². The first-order chi connectivity index (χ1) is 8.00. The molecule has 17 heavy (non-hydrogen) atoms. The van der Waals surface area contributed by atoms with E-state index in [-0.39, 0.29) is 0 Å². The number of hydrogen-bond acceptors (Lipinski definition) is 3. The van der Waals surface area contributed by atoms with Gasteiger partial charge in [0.15, 0.2) is 0 Å². The standard InChI is InChI=1S/C14H25N3/c1-11(2)10-15-17(16-12(3)4)14-9-7-6-8-13(14)5/h6-9,11-12,15-16H,10H2,1-5H3. The van der Waals surface area contributed by atoms with E-state index in [0.29, 0.717) is 12.0 Å². The summed E-state index contributed by atoms with van der Waals surface area (Å²) >= 11 is 0. The normalized spacial score (nSPS) is 11.2. The van der Waals surface area contributed by atoms with Crippen molar-refractivity contribution in [2.24, 2.45) is 5.92 Å². The van der Waals surface area contributed by atoms with Crippen molar-refractivity contribution in [2.45, 2.75) is 40.7 Å². The molecule has 0 aliphatic heterocycles. The van der Waals surface area contributed by atoms with Crippen molar-refractivity contribution in [3.63, 3.8) is 0 Å². The lowest BCUT2D eigenvalue weighted by Crippen LogP contribution is -2.52. The van der Waals surface area contributed by atoms with E-state index in [1.165, 1.54) is 11.3 Å². The molecule has 0 heterocycles. The SMILES string of the molecule is Cc1ccccc1N(NCC(C)C)NC(C)C. The number of nitrogens with zero attached hydrogens (tertiary/aromatic N) is 1. The lowest BCUT2D eigenvalue weighted by atomic mass is 10.2. The molecule has 2 N–H and O–H groups in total. The van der Waals surface area contributed by atoms with Gasteiger partial charge in [-0.15, -0.1) is 0 Å². The highest BCUT2D eigenvalue weighted by molar-refractivity contribution is 5.51. The number of rotatable bonds is 6. The predicted octanol–water partition coefficient (Wildman–Crippen LogP) is 2.88. The fourth-order valence-electron chi connectivity index (χ4n) is 1.55. The summed E-state index contributed by atoms with van der Waals surface area (Å²) in [5.74, 6) is 0.621. The number of para-hydroxylation sites is 1. The van der Waals surface area contributed by atoms with Crippen LogP contribution in [0.3, 0.4) is 0 Å². The molecule has 3 nitrogen and oxygen atoms in total. The Bertz CT molecular complexity index is 334. The minimum absolute atomic E-state index is 0.397. The van der Waals surface area contributed by atoms with Crippen LogP contribution in [0.2, 0.25) is 0 Å². The van der Waals surface area contributed by atoms with Crippen LogP contribution in [0.15, 0.2) is 24.3 Å². The third-order valence-electron chi connectivity index (χ3n) is 2.40. The largest absolute Gasteiger partial charge is 0.241 e. The molecule has 0 saturated carbocycles. The first kappa shape index (κ1) is 14.0. The van der Waals surface area contributed by atoms with E-state index in [1.54, 1.807) is 0 Å². The molecular formula is C14H25N3. The molecular weight excluding hydrogens is 210 g/mol. The van der Waals surface area contributed by atoms with Crippen molar-refractivity contribution in [3.05, 3.63) is 29.8 Å². The first-order valence-electron chi connectivity index (χ1n) is 6.36. The zero-order valence-electron chi connectivity index (χ0n) is 11.6. The van der Waals surface area contributed by atoms with Gasteiger partial charge in [0, 0.05) is 12.6 Å². The zero-order valence-corrected chi connectivity index (χ0v) is 11.6. The predicted molar refractivity (Wildman–Crippen MR) is 74.8 cm³/mol. The van der Waals surface area contributed by atoms with Crippen LogP contribution in [-0.2, 0) is 0 Å². The van der Waals surface area contributed by atoms with Gasteiger partial charge in [0.1, 0.15) is 0 Å². The molecule has 0 aliphatic carbocycles. The van der Waals surface area contributed by atoms with E-state index in [1.807, 2.05) is 5.12 Å².